The van der Waals surface area contributed by atoms with Gasteiger partial charge < -0.3 is 15.3 Å². The molecule has 7 heteroatoms. The van der Waals surface area contributed by atoms with Crippen molar-refractivity contribution in [3.8, 4) is 5.75 Å². The molecular weight excluding hydrogens is 318 g/mol. The molecule has 1 aromatic carbocycles. The molecule has 1 amide bonds. The minimum atomic E-state index is -0.0196. The molecule has 0 radical (unpaired) electrons. The first-order valence-electron chi connectivity index (χ1n) is 8.74. The molecule has 1 aromatic heterocycles. The van der Waals surface area contributed by atoms with Crippen LogP contribution in [-0.2, 0) is 11.3 Å². The lowest BCUT2D eigenvalue weighted by Crippen LogP contribution is -2.48. The number of piperazine rings is 1. The second kappa shape index (κ2) is 8.02. The molecule has 2 heterocycles. The Bertz CT molecular complexity index is 707. The highest BCUT2D eigenvalue weighted by Gasteiger charge is 2.21. The third-order valence-electron chi connectivity index (χ3n) is 4.38. The summed E-state index contributed by atoms with van der Waals surface area (Å²) in [5, 5.41) is 17.1. The number of carbonyl (C=O) groups is 1. The monoisotopic (exact) mass is 343 g/mol. The highest BCUT2D eigenvalue weighted by atomic mass is 16.3. The van der Waals surface area contributed by atoms with Crippen molar-refractivity contribution in [3.63, 3.8) is 0 Å². The van der Waals surface area contributed by atoms with Crippen LogP contribution in [0, 0.1) is 0 Å². The molecule has 2 N–H and O–H groups in total. The first-order chi connectivity index (χ1) is 12.2. The number of aryl methyl sites for hydroxylation is 1. The Morgan fingerprint density at radius 3 is 2.68 bits per heavy atom. The van der Waals surface area contributed by atoms with Crippen molar-refractivity contribution in [2.45, 2.75) is 19.9 Å². The van der Waals surface area contributed by atoms with Crippen LogP contribution in [0.3, 0.4) is 0 Å². The van der Waals surface area contributed by atoms with Gasteiger partial charge in [-0.05, 0) is 18.6 Å². The van der Waals surface area contributed by atoms with Gasteiger partial charge in [-0.25, -0.2) is 4.68 Å². The molecule has 0 spiro atoms. The number of aromatic hydroxyl groups is 1. The van der Waals surface area contributed by atoms with E-state index < -0.39 is 0 Å². The molecule has 25 heavy (non-hydrogen) atoms. The number of benzene rings is 1. The zero-order valence-corrected chi connectivity index (χ0v) is 14.6. The van der Waals surface area contributed by atoms with Gasteiger partial charge in [-0.3, -0.25) is 9.69 Å². The number of aromatic nitrogens is 2. The van der Waals surface area contributed by atoms with Gasteiger partial charge in [0.15, 0.2) is 0 Å². The molecule has 134 valence electrons. The smallest absolute Gasteiger partial charge is 0.239 e. The molecule has 1 aliphatic rings. The van der Waals surface area contributed by atoms with E-state index in [4.69, 9.17) is 0 Å². The molecule has 0 atom stereocenters. The van der Waals surface area contributed by atoms with Crippen molar-refractivity contribution in [1.29, 1.82) is 0 Å². The van der Waals surface area contributed by atoms with E-state index in [1.807, 2.05) is 28.9 Å². The fraction of sp³-hybridized carbons (Fsp3) is 0.444. The summed E-state index contributed by atoms with van der Waals surface area (Å²) in [6, 6.07) is 9.20. The van der Waals surface area contributed by atoms with Crippen LogP contribution in [0.4, 0.5) is 11.5 Å². The Morgan fingerprint density at radius 2 is 1.96 bits per heavy atom. The number of rotatable bonds is 6. The summed E-state index contributed by atoms with van der Waals surface area (Å²) in [7, 11) is 0. The zero-order valence-electron chi connectivity index (χ0n) is 14.6. The minimum absolute atomic E-state index is 0.0196. The topological polar surface area (TPSA) is 73.6 Å². The average molecular weight is 343 g/mol. The molecule has 1 aliphatic heterocycles. The summed E-state index contributed by atoms with van der Waals surface area (Å²) in [6.45, 7) is 6.40. The van der Waals surface area contributed by atoms with Crippen LogP contribution in [0.2, 0.25) is 0 Å². The molecule has 0 bridgehead atoms. The molecule has 2 aromatic rings. The summed E-state index contributed by atoms with van der Waals surface area (Å²) < 4.78 is 1.81. The Morgan fingerprint density at radius 1 is 1.20 bits per heavy atom. The number of hydrogen-bond acceptors (Lipinski definition) is 5. The summed E-state index contributed by atoms with van der Waals surface area (Å²) in [6.07, 6.45) is 2.68. The van der Waals surface area contributed by atoms with Gasteiger partial charge in [0, 0.05) is 38.8 Å². The van der Waals surface area contributed by atoms with Gasteiger partial charge in [0.2, 0.25) is 5.91 Å². The number of para-hydroxylation sites is 2. The van der Waals surface area contributed by atoms with Crippen LogP contribution in [0.1, 0.15) is 13.3 Å². The van der Waals surface area contributed by atoms with E-state index in [-0.39, 0.29) is 5.91 Å². The second-order valence-electron chi connectivity index (χ2n) is 6.24. The maximum atomic E-state index is 12.3. The van der Waals surface area contributed by atoms with Crippen molar-refractivity contribution in [3.05, 3.63) is 36.5 Å². The number of nitrogens with one attached hydrogen (secondary N) is 1. The number of hydrogen-bond donors (Lipinski definition) is 2. The van der Waals surface area contributed by atoms with Crippen LogP contribution < -0.4 is 10.2 Å². The highest BCUT2D eigenvalue weighted by molar-refractivity contribution is 5.91. The lowest BCUT2D eigenvalue weighted by molar-refractivity contribution is -0.117. The first kappa shape index (κ1) is 17.3. The van der Waals surface area contributed by atoms with Gasteiger partial charge in [-0.1, -0.05) is 19.1 Å². The Kier molecular flexibility index (Phi) is 5.55. The van der Waals surface area contributed by atoms with E-state index >= 15 is 0 Å². The van der Waals surface area contributed by atoms with E-state index in [1.165, 1.54) is 0 Å². The average Bonchev–Trinajstić information content (AvgIpc) is 3.03. The summed E-state index contributed by atoms with van der Waals surface area (Å²) in [5.74, 6) is 1.03. The lowest BCUT2D eigenvalue weighted by Gasteiger charge is -2.35. The summed E-state index contributed by atoms with van der Waals surface area (Å²) in [5.41, 5.74) is 0.857. The van der Waals surface area contributed by atoms with E-state index in [1.54, 1.807) is 12.3 Å². The van der Waals surface area contributed by atoms with Crippen molar-refractivity contribution < 1.29 is 9.90 Å². The van der Waals surface area contributed by atoms with E-state index in [9.17, 15) is 9.90 Å². The molecular formula is C18H25N5O2. The van der Waals surface area contributed by atoms with Crippen LogP contribution in [0.25, 0.3) is 0 Å². The van der Waals surface area contributed by atoms with Crippen molar-refractivity contribution in [2.24, 2.45) is 0 Å². The van der Waals surface area contributed by atoms with Gasteiger partial charge in [-0.2, -0.15) is 5.10 Å². The Hall–Kier alpha value is -2.54. The molecule has 7 nitrogen and oxygen atoms in total. The van der Waals surface area contributed by atoms with Crippen LogP contribution >= 0.6 is 0 Å². The fourth-order valence-corrected chi connectivity index (χ4v) is 3.09. The quantitative estimate of drug-likeness (QED) is 0.836. The van der Waals surface area contributed by atoms with Crippen molar-refractivity contribution in [2.75, 3.05) is 42.9 Å². The predicted molar refractivity (Wildman–Crippen MR) is 97.9 cm³/mol. The third kappa shape index (κ3) is 4.30. The SMILES string of the molecule is CCCn1nccc1NC(=O)CN1CCN(c2ccccc2O)CC1. The molecule has 0 aliphatic carbocycles. The summed E-state index contributed by atoms with van der Waals surface area (Å²) in [4.78, 5) is 16.6. The number of amides is 1. The minimum Gasteiger partial charge on any atom is -0.506 e. The number of phenolic OH excluding ortho intramolecular Hbond substituents is 1. The molecule has 1 fully saturated rings. The van der Waals surface area contributed by atoms with Gasteiger partial charge in [0.05, 0.1) is 18.4 Å². The number of phenols is 1. The highest BCUT2D eigenvalue weighted by Crippen LogP contribution is 2.27. The Balaban J connectivity index is 1.49. The van der Waals surface area contributed by atoms with Gasteiger partial charge in [0.25, 0.3) is 0 Å². The summed E-state index contributed by atoms with van der Waals surface area (Å²) >= 11 is 0. The maximum Gasteiger partial charge on any atom is 0.239 e. The van der Waals surface area contributed by atoms with Gasteiger partial charge in [-0.15, -0.1) is 0 Å². The van der Waals surface area contributed by atoms with E-state index in [0.29, 0.717) is 12.3 Å². The third-order valence-corrected chi connectivity index (χ3v) is 4.38. The van der Waals surface area contributed by atoms with Gasteiger partial charge in [0.1, 0.15) is 11.6 Å². The lowest BCUT2D eigenvalue weighted by atomic mass is 10.2. The van der Waals surface area contributed by atoms with Gasteiger partial charge >= 0.3 is 0 Å². The first-order valence-corrected chi connectivity index (χ1v) is 8.74. The zero-order chi connectivity index (χ0) is 17.6. The molecule has 3 rings (SSSR count). The molecule has 0 unspecified atom stereocenters. The fourth-order valence-electron chi connectivity index (χ4n) is 3.09. The van der Waals surface area contributed by atoms with Crippen LogP contribution in [0.15, 0.2) is 36.5 Å². The largest absolute Gasteiger partial charge is 0.506 e. The van der Waals surface area contributed by atoms with Crippen LogP contribution in [0.5, 0.6) is 5.75 Å². The predicted octanol–water partition coefficient (Wildman–Crippen LogP) is 1.76. The van der Waals surface area contributed by atoms with Crippen molar-refractivity contribution in [1.82, 2.24) is 14.7 Å². The van der Waals surface area contributed by atoms with E-state index in [2.05, 4.69) is 27.1 Å². The number of nitrogens with zero attached hydrogens (tertiary/aromatic N) is 4. The van der Waals surface area contributed by atoms with Crippen LogP contribution in [-0.4, -0.2) is 58.4 Å². The van der Waals surface area contributed by atoms with Crippen molar-refractivity contribution >= 4 is 17.4 Å². The number of anilines is 2. The Labute approximate surface area is 147 Å². The molecule has 1 saturated heterocycles. The van der Waals surface area contributed by atoms with E-state index in [0.717, 1.165) is 50.6 Å². The normalized spacial score (nSPS) is 15.3. The maximum absolute atomic E-state index is 12.3. The number of carbonyl (C=O) groups excluding carboxylic acids is 1. The standard InChI is InChI=1S/C18H25N5O2/c1-2-9-23-17(7-8-19-23)20-18(25)14-21-10-12-22(13-11-21)15-5-3-4-6-16(15)24/h3-8,24H,2,9-14H2,1H3,(H,20,25). The molecule has 0 saturated carbocycles. The second-order valence-corrected chi connectivity index (χ2v) is 6.24.